The fourth-order valence-corrected chi connectivity index (χ4v) is 2.96. The lowest BCUT2D eigenvalue weighted by Crippen LogP contribution is -2.07. The minimum atomic E-state index is 0.445. The van der Waals surface area contributed by atoms with E-state index in [9.17, 15) is 5.26 Å². The topological polar surface area (TPSA) is 61.6 Å². The van der Waals surface area contributed by atoms with Gasteiger partial charge in [-0.25, -0.2) is 9.97 Å². The molecule has 0 saturated carbocycles. The number of benzene rings is 2. The second-order valence-electron chi connectivity index (χ2n) is 5.74. The summed E-state index contributed by atoms with van der Waals surface area (Å²) in [5.41, 5.74) is 4.21. The number of hydrogen-bond donors (Lipinski definition) is 1. The van der Waals surface area contributed by atoms with Crippen LogP contribution in [-0.2, 0) is 6.54 Å². The summed E-state index contributed by atoms with van der Waals surface area (Å²) in [7, 11) is 0. The Labute approximate surface area is 162 Å². The molecule has 3 rings (SSSR count). The Morgan fingerprint density at radius 3 is 2.38 bits per heavy atom. The average molecular weight is 381 g/mol. The van der Waals surface area contributed by atoms with Crippen LogP contribution in [0.3, 0.4) is 0 Å². The number of aromatic nitrogens is 2. The highest BCUT2D eigenvalue weighted by Crippen LogP contribution is 2.29. The van der Waals surface area contributed by atoms with E-state index < -0.39 is 0 Å². The van der Waals surface area contributed by atoms with Crippen molar-refractivity contribution in [3.63, 3.8) is 0 Å². The molecule has 0 saturated heterocycles. The standard InChI is InChI=1S/C20H17ClN4S/c1-13-3-7-15(8-4-13)18-17(11-22)19(25-20(24-18)26-2)23-12-14-5-9-16(21)10-6-14/h3-10H,12H2,1-2H3,(H,23,24,25). The molecule has 0 radical (unpaired) electrons. The van der Waals surface area contributed by atoms with E-state index in [2.05, 4.69) is 21.4 Å². The predicted octanol–water partition coefficient (Wildman–Crippen LogP) is 5.31. The molecular weight excluding hydrogens is 364 g/mol. The van der Waals surface area contributed by atoms with Gasteiger partial charge < -0.3 is 5.32 Å². The number of hydrogen-bond acceptors (Lipinski definition) is 5. The first kappa shape index (κ1) is 18.2. The lowest BCUT2D eigenvalue weighted by Gasteiger charge is -2.12. The fraction of sp³-hybridized carbons (Fsp3) is 0.150. The van der Waals surface area contributed by atoms with E-state index in [0.29, 0.717) is 33.8 Å². The molecule has 0 aliphatic heterocycles. The predicted molar refractivity (Wildman–Crippen MR) is 107 cm³/mol. The van der Waals surface area contributed by atoms with Crippen LogP contribution in [-0.4, -0.2) is 16.2 Å². The molecular formula is C20H17ClN4S. The number of nitriles is 1. The van der Waals surface area contributed by atoms with Gasteiger partial charge in [0, 0.05) is 17.1 Å². The minimum absolute atomic E-state index is 0.445. The zero-order valence-electron chi connectivity index (χ0n) is 14.5. The molecule has 130 valence electrons. The first-order valence-electron chi connectivity index (χ1n) is 8.02. The minimum Gasteiger partial charge on any atom is -0.365 e. The van der Waals surface area contributed by atoms with Crippen molar-refractivity contribution in [1.29, 1.82) is 5.26 Å². The van der Waals surface area contributed by atoms with Gasteiger partial charge in [0.25, 0.3) is 0 Å². The highest BCUT2D eigenvalue weighted by molar-refractivity contribution is 7.98. The van der Waals surface area contributed by atoms with Crippen molar-refractivity contribution in [2.24, 2.45) is 0 Å². The molecule has 26 heavy (non-hydrogen) atoms. The third-order valence-corrected chi connectivity index (χ3v) is 4.68. The van der Waals surface area contributed by atoms with E-state index in [4.69, 9.17) is 11.6 Å². The van der Waals surface area contributed by atoms with Crippen LogP contribution >= 0.6 is 23.4 Å². The molecule has 0 fully saturated rings. The van der Waals surface area contributed by atoms with Gasteiger partial charge >= 0.3 is 0 Å². The van der Waals surface area contributed by atoms with Crippen LogP contribution in [0.15, 0.2) is 53.7 Å². The Bertz CT molecular complexity index is 947. The Balaban J connectivity index is 1.98. The molecule has 0 spiro atoms. The number of nitrogens with one attached hydrogen (secondary N) is 1. The Morgan fingerprint density at radius 1 is 1.08 bits per heavy atom. The lowest BCUT2D eigenvalue weighted by molar-refractivity contribution is 0.955. The maximum atomic E-state index is 9.72. The molecule has 0 amide bonds. The summed E-state index contributed by atoms with van der Waals surface area (Å²) in [6, 6.07) is 17.8. The van der Waals surface area contributed by atoms with Gasteiger partial charge in [0.1, 0.15) is 17.5 Å². The summed E-state index contributed by atoms with van der Waals surface area (Å²) in [6.07, 6.45) is 1.92. The highest BCUT2D eigenvalue weighted by Gasteiger charge is 2.15. The van der Waals surface area contributed by atoms with Crippen molar-refractivity contribution in [2.45, 2.75) is 18.6 Å². The molecule has 0 atom stereocenters. The molecule has 0 unspecified atom stereocenters. The van der Waals surface area contributed by atoms with E-state index in [-0.39, 0.29) is 0 Å². The molecule has 0 bridgehead atoms. The summed E-state index contributed by atoms with van der Waals surface area (Å²) in [5, 5.41) is 14.3. The van der Waals surface area contributed by atoms with E-state index in [1.54, 1.807) is 0 Å². The Kier molecular flexibility index (Phi) is 5.77. The first-order chi connectivity index (χ1) is 12.6. The smallest absolute Gasteiger partial charge is 0.189 e. The van der Waals surface area contributed by atoms with E-state index >= 15 is 0 Å². The maximum Gasteiger partial charge on any atom is 0.189 e. The van der Waals surface area contributed by atoms with Crippen LogP contribution in [0.2, 0.25) is 5.02 Å². The van der Waals surface area contributed by atoms with Gasteiger partial charge in [-0.2, -0.15) is 5.26 Å². The number of rotatable bonds is 5. The molecule has 0 aliphatic rings. The van der Waals surface area contributed by atoms with E-state index in [1.165, 1.54) is 11.8 Å². The normalized spacial score (nSPS) is 10.4. The summed E-state index contributed by atoms with van der Waals surface area (Å²) < 4.78 is 0. The molecule has 2 aromatic carbocycles. The molecule has 6 heteroatoms. The summed E-state index contributed by atoms with van der Waals surface area (Å²) in [5.74, 6) is 0.539. The Morgan fingerprint density at radius 2 is 1.77 bits per heavy atom. The van der Waals surface area contributed by atoms with E-state index in [0.717, 1.165) is 16.7 Å². The van der Waals surface area contributed by atoms with Crippen LogP contribution in [0.25, 0.3) is 11.3 Å². The van der Waals surface area contributed by atoms with Crippen molar-refractivity contribution in [1.82, 2.24) is 9.97 Å². The van der Waals surface area contributed by atoms with Gasteiger partial charge in [-0.05, 0) is 30.9 Å². The molecule has 0 aliphatic carbocycles. The van der Waals surface area contributed by atoms with Gasteiger partial charge in [0.2, 0.25) is 0 Å². The SMILES string of the molecule is CSc1nc(NCc2ccc(Cl)cc2)c(C#N)c(-c2ccc(C)cc2)n1. The number of halogens is 1. The van der Waals surface area contributed by atoms with Crippen molar-refractivity contribution < 1.29 is 0 Å². The monoisotopic (exact) mass is 380 g/mol. The van der Waals surface area contributed by atoms with Crippen LogP contribution in [0.1, 0.15) is 16.7 Å². The Hall–Kier alpha value is -2.55. The van der Waals surface area contributed by atoms with Gasteiger partial charge in [0.15, 0.2) is 5.16 Å². The molecule has 1 heterocycles. The number of thioether (sulfide) groups is 1. The second kappa shape index (κ2) is 8.22. The van der Waals surface area contributed by atoms with Crippen LogP contribution in [0.5, 0.6) is 0 Å². The average Bonchev–Trinajstić information content (AvgIpc) is 2.67. The number of aryl methyl sites for hydroxylation is 1. The summed E-state index contributed by atoms with van der Waals surface area (Å²) in [6.45, 7) is 2.57. The lowest BCUT2D eigenvalue weighted by atomic mass is 10.1. The van der Waals surface area contributed by atoms with Crippen molar-refractivity contribution in [3.05, 3.63) is 70.2 Å². The first-order valence-corrected chi connectivity index (χ1v) is 9.62. The maximum absolute atomic E-state index is 9.72. The zero-order chi connectivity index (χ0) is 18.5. The van der Waals surface area contributed by atoms with E-state index in [1.807, 2.05) is 61.7 Å². The summed E-state index contributed by atoms with van der Waals surface area (Å²) >= 11 is 7.38. The number of nitrogens with zero attached hydrogens (tertiary/aromatic N) is 3. The fourth-order valence-electron chi connectivity index (χ4n) is 2.47. The third kappa shape index (κ3) is 4.16. The quantitative estimate of drug-likeness (QED) is 0.480. The molecule has 3 aromatic rings. The van der Waals surface area contributed by atoms with Crippen LogP contribution in [0.4, 0.5) is 5.82 Å². The number of anilines is 1. The van der Waals surface area contributed by atoms with Crippen LogP contribution in [0, 0.1) is 18.3 Å². The summed E-state index contributed by atoms with van der Waals surface area (Å²) in [4.78, 5) is 9.05. The molecule has 4 nitrogen and oxygen atoms in total. The van der Waals surface area contributed by atoms with Crippen molar-refractivity contribution >= 4 is 29.2 Å². The zero-order valence-corrected chi connectivity index (χ0v) is 16.0. The van der Waals surface area contributed by atoms with Gasteiger partial charge in [0.05, 0.1) is 5.69 Å². The van der Waals surface area contributed by atoms with Gasteiger partial charge in [-0.15, -0.1) is 0 Å². The van der Waals surface area contributed by atoms with Crippen molar-refractivity contribution in [2.75, 3.05) is 11.6 Å². The van der Waals surface area contributed by atoms with Crippen LogP contribution < -0.4 is 5.32 Å². The highest BCUT2D eigenvalue weighted by atomic mass is 35.5. The second-order valence-corrected chi connectivity index (χ2v) is 6.95. The van der Waals surface area contributed by atoms with Gasteiger partial charge in [-0.3, -0.25) is 0 Å². The third-order valence-electron chi connectivity index (χ3n) is 3.88. The van der Waals surface area contributed by atoms with Crippen molar-refractivity contribution in [3.8, 4) is 17.3 Å². The molecule has 1 N–H and O–H groups in total. The largest absolute Gasteiger partial charge is 0.365 e. The molecule has 1 aromatic heterocycles. The van der Waals surface area contributed by atoms with Gasteiger partial charge in [-0.1, -0.05) is 65.3 Å².